The SMILES string of the molecule is COCc1cccc(C(=O)N2CCOC(CN(CC(=O)O)C(C)=O)C2)c1. The Morgan fingerprint density at radius 1 is 1.38 bits per heavy atom. The van der Waals surface area contributed by atoms with Gasteiger partial charge in [-0.2, -0.15) is 0 Å². The number of carbonyl (C=O) groups is 3. The molecule has 0 aliphatic carbocycles. The summed E-state index contributed by atoms with van der Waals surface area (Å²) in [6, 6.07) is 7.24. The molecular weight excluding hydrogens is 340 g/mol. The number of carbonyl (C=O) groups excluding carboxylic acids is 2. The van der Waals surface area contributed by atoms with E-state index in [9.17, 15) is 14.4 Å². The van der Waals surface area contributed by atoms with Crippen LogP contribution < -0.4 is 0 Å². The first kappa shape index (κ1) is 19.9. The normalized spacial score (nSPS) is 17.0. The lowest BCUT2D eigenvalue weighted by atomic mass is 10.1. The molecule has 2 rings (SSSR count). The van der Waals surface area contributed by atoms with Crippen molar-refractivity contribution < 1.29 is 29.0 Å². The van der Waals surface area contributed by atoms with Crippen molar-refractivity contribution in [2.75, 3.05) is 39.9 Å². The molecule has 142 valence electrons. The molecule has 1 aliphatic rings. The third-order valence-electron chi connectivity index (χ3n) is 4.11. The predicted molar refractivity (Wildman–Crippen MR) is 92.7 cm³/mol. The number of aliphatic carboxylic acids is 1. The first-order valence-electron chi connectivity index (χ1n) is 8.36. The van der Waals surface area contributed by atoms with E-state index in [1.54, 1.807) is 24.1 Å². The Hall–Kier alpha value is -2.45. The van der Waals surface area contributed by atoms with Gasteiger partial charge in [-0.1, -0.05) is 12.1 Å². The van der Waals surface area contributed by atoms with Gasteiger partial charge in [0.2, 0.25) is 5.91 Å². The van der Waals surface area contributed by atoms with E-state index in [4.69, 9.17) is 14.6 Å². The van der Waals surface area contributed by atoms with Gasteiger partial charge < -0.3 is 24.4 Å². The molecule has 2 amide bonds. The highest BCUT2D eigenvalue weighted by molar-refractivity contribution is 5.94. The van der Waals surface area contributed by atoms with Crippen molar-refractivity contribution in [3.63, 3.8) is 0 Å². The quantitative estimate of drug-likeness (QED) is 0.761. The maximum absolute atomic E-state index is 12.8. The molecule has 26 heavy (non-hydrogen) atoms. The van der Waals surface area contributed by atoms with Gasteiger partial charge in [0.05, 0.1) is 19.3 Å². The highest BCUT2D eigenvalue weighted by atomic mass is 16.5. The maximum Gasteiger partial charge on any atom is 0.323 e. The standard InChI is InChI=1S/C18H24N2O6/c1-13(21)20(11-17(22)23)10-16-9-19(6-7-26-16)18(24)15-5-3-4-14(8-15)12-25-2/h3-5,8,16H,6-7,9-12H2,1-2H3,(H,22,23). The monoisotopic (exact) mass is 364 g/mol. The van der Waals surface area contributed by atoms with E-state index in [0.717, 1.165) is 5.56 Å². The van der Waals surface area contributed by atoms with Gasteiger partial charge >= 0.3 is 5.97 Å². The van der Waals surface area contributed by atoms with E-state index in [1.807, 2.05) is 12.1 Å². The summed E-state index contributed by atoms with van der Waals surface area (Å²) < 4.78 is 10.7. The molecule has 8 heteroatoms. The molecule has 1 fully saturated rings. The molecule has 1 N–H and O–H groups in total. The first-order chi connectivity index (χ1) is 12.4. The van der Waals surface area contributed by atoms with Crippen LogP contribution >= 0.6 is 0 Å². The summed E-state index contributed by atoms with van der Waals surface area (Å²) in [6.45, 7) is 2.58. The van der Waals surface area contributed by atoms with Gasteiger partial charge in [0.25, 0.3) is 5.91 Å². The maximum atomic E-state index is 12.8. The van der Waals surface area contributed by atoms with Crippen LogP contribution in [0.5, 0.6) is 0 Å². The first-order valence-corrected chi connectivity index (χ1v) is 8.36. The van der Waals surface area contributed by atoms with Crippen LogP contribution in [-0.4, -0.2) is 78.7 Å². The number of carboxylic acid groups (broad SMARTS) is 1. The lowest BCUT2D eigenvalue weighted by Crippen LogP contribution is -2.51. The summed E-state index contributed by atoms with van der Waals surface area (Å²) in [5, 5.41) is 8.91. The van der Waals surface area contributed by atoms with Crippen LogP contribution in [0.15, 0.2) is 24.3 Å². The zero-order valence-corrected chi connectivity index (χ0v) is 15.0. The molecule has 8 nitrogen and oxygen atoms in total. The summed E-state index contributed by atoms with van der Waals surface area (Å²) in [4.78, 5) is 38.1. The Balaban J connectivity index is 2.02. The minimum absolute atomic E-state index is 0.121. The molecule has 1 aliphatic heterocycles. The molecule has 1 aromatic carbocycles. The number of hydrogen-bond acceptors (Lipinski definition) is 5. The van der Waals surface area contributed by atoms with Crippen molar-refractivity contribution in [1.82, 2.24) is 9.80 Å². The molecule has 1 heterocycles. The Morgan fingerprint density at radius 3 is 2.81 bits per heavy atom. The van der Waals surface area contributed by atoms with E-state index < -0.39 is 12.1 Å². The van der Waals surface area contributed by atoms with E-state index in [0.29, 0.717) is 31.9 Å². The fraction of sp³-hybridized carbons (Fsp3) is 0.500. The number of amides is 2. The number of ether oxygens (including phenoxy) is 2. The predicted octanol–water partition coefficient (Wildman–Crippen LogP) is 0.607. The Labute approximate surface area is 152 Å². The van der Waals surface area contributed by atoms with Crippen LogP contribution in [0.3, 0.4) is 0 Å². The smallest absolute Gasteiger partial charge is 0.323 e. The fourth-order valence-electron chi connectivity index (χ4n) is 2.87. The third kappa shape index (κ3) is 5.53. The topological polar surface area (TPSA) is 96.4 Å². The van der Waals surface area contributed by atoms with Crippen molar-refractivity contribution in [2.45, 2.75) is 19.6 Å². The number of hydrogen-bond donors (Lipinski definition) is 1. The number of nitrogens with zero attached hydrogens (tertiary/aromatic N) is 2. The average molecular weight is 364 g/mol. The van der Waals surface area contributed by atoms with E-state index in [-0.39, 0.29) is 24.9 Å². The lowest BCUT2D eigenvalue weighted by molar-refractivity contribution is -0.145. The van der Waals surface area contributed by atoms with Crippen molar-refractivity contribution >= 4 is 17.8 Å². The van der Waals surface area contributed by atoms with Crippen LogP contribution in [0.1, 0.15) is 22.8 Å². The van der Waals surface area contributed by atoms with Gasteiger partial charge in [0, 0.05) is 39.2 Å². The van der Waals surface area contributed by atoms with Gasteiger partial charge in [-0.05, 0) is 17.7 Å². The number of morpholine rings is 1. The lowest BCUT2D eigenvalue weighted by Gasteiger charge is -2.35. The highest BCUT2D eigenvalue weighted by Gasteiger charge is 2.28. The van der Waals surface area contributed by atoms with Crippen LogP contribution in [0.4, 0.5) is 0 Å². The number of methoxy groups -OCH3 is 1. The van der Waals surface area contributed by atoms with Crippen molar-refractivity contribution in [3.8, 4) is 0 Å². The van der Waals surface area contributed by atoms with Crippen molar-refractivity contribution in [2.24, 2.45) is 0 Å². The molecule has 1 atom stereocenters. The summed E-state index contributed by atoms with van der Waals surface area (Å²) in [6.07, 6.45) is -0.418. The highest BCUT2D eigenvalue weighted by Crippen LogP contribution is 2.14. The second-order valence-electron chi connectivity index (χ2n) is 6.17. The zero-order valence-electron chi connectivity index (χ0n) is 15.0. The number of benzene rings is 1. The molecule has 0 aromatic heterocycles. The molecule has 0 bridgehead atoms. The number of carboxylic acids is 1. The molecule has 0 spiro atoms. The molecular formula is C18H24N2O6. The molecule has 0 radical (unpaired) electrons. The van der Waals surface area contributed by atoms with Crippen LogP contribution in [0.2, 0.25) is 0 Å². The van der Waals surface area contributed by atoms with E-state index >= 15 is 0 Å². The zero-order chi connectivity index (χ0) is 19.1. The Kier molecular flexibility index (Phi) is 7.11. The fourth-order valence-corrected chi connectivity index (χ4v) is 2.87. The van der Waals surface area contributed by atoms with Gasteiger partial charge in [0.15, 0.2) is 0 Å². The van der Waals surface area contributed by atoms with Gasteiger partial charge in [-0.25, -0.2) is 0 Å². The average Bonchev–Trinajstić information content (AvgIpc) is 2.61. The largest absolute Gasteiger partial charge is 0.480 e. The molecule has 0 saturated carbocycles. The van der Waals surface area contributed by atoms with E-state index in [1.165, 1.54) is 11.8 Å². The van der Waals surface area contributed by atoms with Crippen molar-refractivity contribution in [1.29, 1.82) is 0 Å². The van der Waals surface area contributed by atoms with Crippen molar-refractivity contribution in [3.05, 3.63) is 35.4 Å². The second-order valence-corrected chi connectivity index (χ2v) is 6.17. The van der Waals surface area contributed by atoms with Crippen LogP contribution in [-0.2, 0) is 25.7 Å². The second kappa shape index (κ2) is 9.30. The Bertz CT molecular complexity index is 663. The minimum atomic E-state index is -1.08. The minimum Gasteiger partial charge on any atom is -0.480 e. The molecule has 1 saturated heterocycles. The van der Waals surface area contributed by atoms with Gasteiger partial charge in [-0.15, -0.1) is 0 Å². The Morgan fingerprint density at radius 2 is 2.15 bits per heavy atom. The van der Waals surface area contributed by atoms with Gasteiger partial charge in [0.1, 0.15) is 6.54 Å². The number of rotatable bonds is 7. The van der Waals surface area contributed by atoms with Crippen LogP contribution in [0.25, 0.3) is 0 Å². The third-order valence-corrected chi connectivity index (χ3v) is 4.11. The van der Waals surface area contributed by atoms with Gasteiger partial charge in [-0.3, -0.25) is 14.4 Å². The van der Waals surface area contributed by atoms with Crippen LogP contribution in [0, 0.1) is 0 Å². The van der Waals surface area contributed by atoms with E-state index in [2.05, 4.69) is 0 Å². The summed E-state index contributed by atoms with van der Waals surface area (Å²) in [7, 11) is 1.60. The summed E-state index contributed by atoms with van der Waals surface area (Å²) >= 11 is 0. The summed E-state index contributed by atoms with van der Waals surface area (Å²) in [5.41, 5.74) is 1.47. The molecule has 1 unspecified atom stereocenters. The molecule has 1 aromatic rings. The summed E-state index contributed by atoms with van der Waals surface area (Å²) in [5.74, 6) is -1.55.